The highest BCUT2D eigenvalue weighted by Crippen LogP contribution is 2.19. The van der Waals surface area contributed by atoms with Crippen molar-refractivity contribution >= 4 is 16.7 Å². The maximum absolute atomic E-state index is 12.4. The Morgan fingerprint density at radius 3 is 2.89 bits per heavy atom. The topological polar surface area (TPSA) is 60.7 Å². The third-order valence-corrected chi connectivity index (χ3v) is 2.84. The van der Waals surface area contributed by atoms with Gasteiger partial charge in [0, 0.05) is 24.2 Å². The summed E-state index contributed by atoms with van der Waals surface area (Å²) < 4.78 is 1.47. The number of carbonyl (C=O) groups excluding carboxylic acids is 1. The molecule has 0 spiro atoms. The number of aryl methyl sites for hydroxylation is 1. The van der Waals surface area contributed by atoms with Crippen molar-refractivity contribution in [1.29, 1.82) is 0 Å². The van der Waals surface area contributed by atoms with E-state index in [1.54, 1.807) is 19.3 Å². The number of nitrogens with zero attached hydrogens (tertiary/aromatic N) is 4. The molecule has 0 aliphatic carbocycles. The first kappa shape index (κ1) is 10.6. The van der Waals surface area contributed by atoms with E-state index in [4.69, 9.17) is 0 Å². The Morgan fingerprint density at radius 2 is 2.11 bits per heavy atom. The number of fused-ring (bicyclic) bond motifs is 1. The Hall–Kier alpha value is -2.56. The van der Waals surface area contributed by atoms with Crippen LogP contribution in [0, 0.1) is 0 Å². The summed E-state index contributed by atoms with van der Waals surface area (Å²) in [6, 6.07) is 9.21. The minimum Gasteiger partial charge on any atom is -0.287 e. The van der Waals surface area contributed by atoms with Crippen LogP contribution in [0.1, 0.15) is 16.1 Å². The van der Waals surface area contributed by atoms with Gasteiger partial charge < -0.3 is 0 Å². The molecule has 2 heterocycles. The van der Waals surface area contributed by atoms with Gasteiger partial charge in [0.1, 0.15) is 5.69 Å². The van der Waals surface area contributed by atoms with Gasteiger partial charge in [0.25, 0.3) is 0 Å². The fraction of sp³-hybridized carbons (Fsp3) is 0.0769. The lowest BCUT2D eigenvalue weighted by atomic mass is 10.0. The van der Waals surface area contributed by atoms with Crippen LogP contribution in [-0.4, -0.2) is 25.8 Å². The smallest absolute Gasteiger partial charge is 0.213 e. The average molecular weight is 238 g/mol. The highest BCUT2D eigenvalue weighted by molar-refractivity contribution is 6.15. The molecule has 18 heavy (non-hydrogen) atoms. The fourth-order valence-electron chi connectivity index (χ4n) is 1.93. The number of pyridine rings is 1. The van der Waals surface area contributed by atoms with Gasteiger partial charge in [0.05, 0.1) is 11.7 Å². The molecule has 0 atom stereocenters. The molecule has 0 aliphatic rings. The Bertz CT molecular complexity index is 727. The summed E-state index contributed by atoms with van der Waals surface area (Å²) in [4.78, 5) is 16.7. The molecule has 2 aromatic heterocycles. The van der Waals surface area contributed by atoms with Gasteiger partial charge in [0.15, 0.2) is 0 Å². The zero-order chi connectivity index (χ0) is 12.5. The van der Waals surface area contributed by atoms with E-state index in [0.717, 1.165) is 10.9 Å². The Balaban J connectivity index is 2.21. The molecule has 0 fully saturated rings. The van der Waals surface area contributed by atoms with Crippen molar-refractivity contribution in [2.45, 2.75) is 0 Å². The van der Waals surface area contributed by atoms with Crippen molar-refractivity contribution < 1.29 is 4.79 Å². The molecular formula is C13H10N4O. The summed E-state index contributed by atoms with van der Waals surface area (Å²) in [6.45, 7) is 0. The average Bonchev–Trinajstić information content (AvgIpc) is 2.83. The second-order valence-corrected chi connectivity index (χ2v) is 3.95. The number of ketones is 1. The summed E-state index contributed by atoms with van der Waals surface area (Å²) in [5.41, 5.74) is 1.89. The second-order valence-electron chi connectivity index (χ2n) is 3.95. The van der Waals surface area contributed by atoms with E-state index < -0.39 is 0 Å². The van der Waals surface area contributed by atoms with Gasteiger partial charge in [-0.1, -0.05) is 23.4 Å². The maximum atomic E-state index is 12.4. The first-order valence-electron chi connectivity index (χ1n) is 5.50. The van der Waals surface area contributed by atoms with Crippen LogP contribution in [0.3, 0.4) is 0 Å². The largest absolute Gasteiger partial charge is 0.287 e. The fourth-order valence-corrected chi connectivity index (χ4v) is 1.93. The molecule has 0 saturated carbocycles. The predicted molar refractivity (Wildman–Crippen MR) is 66.2 cm³/mol. The number of rotatable bonds is 2. The van der Waals surface area contributed by atoms with Gasteiger partial charge in [-0.15, -0.1) is 5.10 Å². The van der Waals surface area contributed by atoms with Crippen molar-refractivity contribution in [3.8, 4) is 0 Å². The lowest BCUT2D eigenvalue weighted by Crippen LogP contribution is -2.08. The Morgan fingerprint density at radius 1 is 1.22 bits per heavy atom. The molecule has 0 bridgehead atoms. The van der Waals surface area contributed by atoms with Crippen LogP contribution >= 0.6 is 0 Å². The minimum atomic E-state index is -0.0962. The number of aromatic nitrogens is 4. The van der Waals surface area contributed by atoms with Crippen molar-refractivity contribution in [2.24, 2.45) is 7.05 Å². The minimum absolute atomic E-state index is 0.0962. The van der Waals surface area contributed by atoms with Gasteiger partial charge in [0.2, 0.25) is 5.78 Å². The molecule has 0 saturated heterocycles. The number of hydrogen-bond donors (Lipinski definition) is 0. The summed E-state index contributed by atoms with van der Waals surface area (Å²) in [5, 5.41) is 8.34. The number of carbonyl (C=O) groups is 1. The second kappa shape index (κ2) is 4.03. The summed E-state index contributed by atoms with van der Waals surface area (Å²) in [5.74, 6) is -0.0962. The SMILES string of the molecule is Cn1nncc1C(=O)c1cccc2ncccc12. The first-order chi connectivity index (χ1) is 8.77. The Kier molecular flexibility index (Phi) is 2.37. The van der Waals surface area contributed by atoms with Crippen LogP contribution in [0.5, 0.6) is 0 Å². The number of benzene rings is 1. The van der Waals surface area contributed by atoms with E-state index in [1.165, 1.54) is 10.9 Å². The van der Waals surface area contributed by atoms with Gasteiger partial charge in [-0.3, -0.25) is 9.78 Å². The molecule has 0 aliphatic heterocycles. The highest BCUT2D eigenvalue weighted by atomic mass is 16.1. The molecule has 0 unspecified atom stereocenters. The summed E-state index contributed by atoms with van der Waals surface area (Å²) >= 11 is 0. The number of hydrogen-bond acceptors (Lipinski definition) is 4. The Labute approximate surface area is 103 Å². The van der Waals surface area contributed by atoms with E-state index in [2.05, 4.69) is 15.3 Å². The molecule has 5 heteroatoms. The summed E-state index contributed by atoms with van der Waals surface area (Å²) in [6.07, 6.45) is 3.18. The van der Waals surface area contributed by atoms with E-state index in [-0.39, 0.29) is 5.78 Å². The van der Waals surface area contributed by atoms with Crippen molar-refractivity contribution in [2.75, 3.05) is 0 Å². The van der Waals surface area contributed by atoms with Gasteiger partial charge in [-0.25, -0.2) is 4.68 Å². The lowest BCUT2D eigenvalue weighted by molar-refractivity contribution is 0.103. The monoisotopic (exact) mass is 238 g/mol. The molecule has 88 valence electrons. The third kappa shape index (κ3) is 1.57. The molecule has 3 rings (SSSR count). The molecule has 0 amide bonds. The standard InChI is InChI=1S/C13H10N4O/c1-17-12(8-15-16-17)13(18)10-4-2-6-11-9(10)5-3-7-14-11/h2-8H,1H3. The van der Waals surface area contributed by atoms with Crippen LogP contribution < -0.4 is 0 Å². The zero-order valence-electron chi connectivity index (χ0n) is 9.74. The molecule has 5 nitrogen and oxygen atoms in total. The first-order valence-corrected chi connectivity index (χ1v) is 5.50. The van der Waals surface area contributed by atoms with Crippen LogP contribution in [0.4, 0.5) is 0 Å². The van der Waals surface area contributed by atoms with Crippen LogP contribution in [0.15, 0.2) is 42.7 Å². The van der Waals surface area contributed by atoms with E-state index >= 15 is 0 Å². The molecule has 0 radical (unpaired) electrons. The molecule has 1 aromatic carbocycles. The normalized spacial score (nSPS) is 10.7. The van der Waals surface area contributed by atoms with E-state index in [1.807, 2.05) is 24.3 Å². The van der Waals surface area contributed by atoms with Crippen LogP contribution in [-0.2, 0) is 7.05 Å². The van der Waals surface area contributed by atoms with Crippen LogP contribution in [0.25, 0.3) is 10.9 Å². The van der Waals surface area contributed by atoms with Crippen molar-refractivity contribution in [3.63, 3.8) is 0 Å². The van der Waals surface area contributed by atoms with Gasteiger partial charge >= 0.3 is 0 Å². The van der Waals surface area contributed by atoms with E-state index in [9.17, 15) is 4.79 Å². The summed E-state index contributed by atoms with van der Waals surface area (Å²) in [7, 11) is 1.70. The van der Waals surface area contributed by atoms with E-state index in [0.29, 0.717) is 11.3 Å². The quantitative estimate of drug-likeness (QED) is 0.636. The third-order valence-electron chi connectivity index (χ3n) is 2.84. The van der Waals surface area contributed by atoms with Gasteiger partial charge in [-0.2, -0.15) is 0 Å². The highest BCUT2D eigenvalue weighted by Gasteiger charge is 2.16. The molecular weight excluding hydrogens is 228 g/mol. The van der Waals surface area contributed by atoms with Crippen LogP contribution in [0.2, 0.25) is 0 Å². The van der Waals surface area contributed by atoms with Crippen molar-refractivity contribution in [1.82, 2.24) is 20.0 Å². The lowest BCUT2D eigenvalue weighted by Gasteiger charge is -2.04. The maximum Gasteiger partial charge on any atom is 0.213 e. The zero-order valence-corrected chi connectivity index (χ0v) is 9.74. The predicted octanol–water partition coefficient (Wildman–Crippen LogP) is 1.59. The van der Waals surface area contributed by atoms with Gasteiger partial charge in [-0.05, 0) is 12.1 Å². The van der Waals surface area contributed by atoms with Crippen molar-refractivity contribution in [3.05, 3.63) is 54.0 Å². The molecule has 3 aromatic rings. The molecule has 0 N–H and O–H groups in total.